The molecule has 0 unspecified atom stereocenters. The summed E-state index contributed by atoms with van der Waals surface area (Å²) < 4.78 is 5.31. The minimum atomic E-state index is -0.524. The van der Waals surface area contributed by atoms with Gasteiger partial charge in [-0.05, 0) is 64.3 Å². The smallest absolute Gasteiger partial charge is 0.407 e. The highest BCUT2D eigenvalue weighted by molar-refractivity contribution is 6.31. The van der Waals surface area contributed by atoms with Crippen molar-refractivity contribution in [3.05, 3.63) is 28.8 Å². The number of nitrogens with one attached hydrogen (secondary N) is 1. The Morgan fingerprint density at radius 2 is 2.00 bits per heavy atom. The van der Waals surface area contributed by atoms with Crippen LogP contribution in [-0.4, -0.2) is 54.7 Å². The number of alkyl carbamates (subject to hydrolysis) is 1. The fraction of sp³-hybridized carbons (Fsp3) is 0.591. The summed E-state index contributed by atoms with van der Waals surface area (Å²) in [6.07, 6.45) is 1.36. The van der Waals surface area contributed by atoms with Crippen LogP contribution in [0.5, 0.6) is 0 Å². The van der Waals surface area contributed by atoms with Crippen LogP contribution in [0.25, 0.3) is 0 Å². The molecule has 164 valence electrons. The summed E-state index contributed by atoms with van der Waals surface area (Å²) in [4.78, 5) is 28.7. The summed E-state index contributed by atoms with van der Waals surface area (Å²) in [7, 11) is 0. The van der Waals surface area contributed by atoms with E-state index in [9.17, 15) is 9.59 Å². The first kappa shape index (κ1) is 24.0. The molecule has 1 aromatic rings. The van der Waals surface area contributed by atoms with Crippen molar-refractivity contribution in [3.8, 4) is 6.07 Å². The van der Waals surface area contributed by atoms with Crippen LogP contribution in [0.3, 0.4) is 0 Å². The van der Waals surface area contributed by atoms with E-state index >= 15 is 0 Å². The van der Waals surface area contributed by atoms with Crippen LogP contribution in [0, 0.1) is 18.3 Å². The Hall–Kier alpha value is -2.30. The molecule has 7 nitrogen and oxygen atoms in total. The Labute approximate surface area is 183 Å². The lowest BCUT2D eigenvalue weighted by Gasteiger charge is -2.33. The van der Waals surface area contributed by atoms with Crippen LogP contribution in [0.4, 0.5) is 10.5 Å². The van der Waals surface area contributed by atoms with Crippen molar-refractivity contribution in [3.63, 3.8) is 0 Å². The number of anilines is 1. The molecule has 0 saturated carbocycles. The molecule has 1 fully saturated rings. The van der Waals surface area contributed by atoms with Crippen LogP contribution in [0.15, 0.2) is 18.2 Å². The summed E-state index contributed by atoms with van der Waals surface area (Å²) >= 11 is 6.11. The topological polar surface area (TPSA) is 85.7 Å². The average Bonchev–Trinajstić information content (AvgIpc) is 2.65. The van der Waals surface area contributed by atoms with Crippen molar-refractivity contribution >= 4 is 29.3 Å². The number of ether oxygens (including phenoxy) is 1. The van der Waals surface area contributed by atoms with Crippen molar-refractivity contribution in [1.82, 2.24) is 10.2 Å². The number of hydrogen-bond acceptors (Lipinski definition) is 5. The zero-order valence-corrected chi connectivity index (χ0v) is 19.0. The molecular formula is C22H31ClN4O3. The van der Waals surface area contributed by atoms with Gasteiger partial charge in [-0.2, -0.15) is 5.26 Å². The number of aryl methyl sites for hydroxylation is 1. The van der Waals surface area contributed by atoms with Crippen LogP contribution < -0.4 is 10.2 Å². The Kier molecular flexibility index (Phi) is 8.51. The first-order valence-electron chi connectivity index (χ1n) is 10.2. The van der Waals surface area contributed by atoms with Crippen molar-refractivity contribution in [1.29, 1.82) is 5.26 Å². The lowest BCUT2D eigenvalue weighted by molar-refractivity contribution is -0.120. The number of benzene rings is 1. The number of halogens is 1. The number of piperidine rings is 1. The average molecular weight is 435 g/mol. The Balaban J connectivity index is 1.91. The van der Waals surface area contributed by atoms with Gasteiger partial charge in [-0.25, -0.2) is 4.79 Å². The van der Waals surface area contributed by atoms with Gasteiger partial charge in [0.25, 0.3) is 0 Å². The van der Waals surface area contributed by atoms with E-state index in [2.05, 4.69) is 16.3 Å². The molecular weight excluding hydrogens is 404 g/mol. The number of nitrogens with zero attached hydrogens (tertiary/aromatic N) is 3. The number of carbonyl (C=O) groups is 2. The number of carbonyl (C=O) groups excluding carboxylic acids is 2. The monoisotopic (exact) mass is 434 g/mol. The third kappa shape index (κ3) is 7.51. The Morgan fingerprint density at radius 3 is 2.57 bits per heavy atom. The van der Waals surface area contributed by atoms with Gasteiger partial charge in [0.05, 0.1) is 19.0 Å². The van der Waals surface area contributed by atoms with Crippen LogP contribution in [-0.2, 0) is 9.53 Å². The maximum atomic E-state index is 13.0. The zero-order valence-electron chi connectivity index (χ0n) is 18.2. The van der Waals surface area contributed by atoms with Crippen molar-refractivity contribution in [2.24, 2.45) is 0 Å². The molecule has 1 heterocycles. The van der Waals surface area contributed by atoms with Gasteiger partial charge in [-0.3, -0.25) is 9.69 Å². The molecule has 0 bridgehead atoms. The maximum absolute atomic E-state index is 13.0. The molecule has 0 atom stereocenters. The second-order valence-corrected chi connectivity index (χ2v) is 8.99. The van der Waals surface area contributed by atoms with E-state index in [-0.39, 0.29) is 24.9 Å². The highest BCUT2D eigenvalue weighted by atomic mass is 35.5. The van der Waals surface area contributed by atoms with E-state index in [0.717, 1.165) is 24.1 Å². The van der Waals surface area contributed by atoms with Crippen molar-refractivity contribution in [2.45, 2.75) is 58.6 Å². The fourth-order valence-electron chi connectivity index (χ4n) is 3.34. The molecule has 0 spiro atoms. The van der Waals surface area contributed by atoms with Crippen LogP contribution >= 0.6 is 11.6 Å². The van der Waals surface area contributed by atoms with E-state index < -0.39 is 11.7 Å². The van der Waals surface area contributed by atoms with E-state index in [4.69, 9.17) is 21.6 Å². The Bertz CT molecular complexity index is 793. The minimum absolute atomic E-state index is 0.0415. The first-order valence-corrected chi connectivity index (χ1v) is 10.6. The van der Waals surface area contributed by atoms with Gasteiger partial charge >= 0.3 is 6.09 Å². The summed E-state index contributed by atoms with van der Waals surface area (Å²) in [6, 6.07) is 7.60. The van der Waals surface area contributed by atoms with Crippen LogP contribution in [0.2, 0.25) is 5.02 Å². The lowest BCUT2D eigenvalue weighted by atomic mass is 10.1. The highest BCUT2D eigenvalue weighted by Crippen LogP contribution is 2.23. The van der Waals surface area contributed by atoms with E-state index in [1.165, 1.54) is 0 Å². The quantitative estimate of drug-likeness (QED) is 0.734. The largest absolute Gasteiger partial charge is 0.444 e. The molecule has 2 amide bonds. The molecule has 8 heteroatoms. The van der Waals surface area contributed by atoms with E-state index in [1.54, 1.807) is 11.0 Å². The van der Waals surface area contributed by atoms with E-state index in [0.29, 0.717) is 24.7 Å². The number of nitriles is 1. The standard InChI is InChI=1S/C22H31ClN4O3/c1-16-14-18(6-7-19(16)23)27(11-5-10-24)20(28)15-26-12-8-17(9-13-26)25-21(29)30-22(2,3)4/h6-7,14,17H,5,8-9,11-13,15H2,1-4H3,(H,25,29). The van der Waals surface area contributed by atoms with Gasteiger partial charge in [0.2, 0.25) is 5.91 Å². The normalized spacial score (nSPS) is 15.3. The number of rotatable bonds is 6. The molecule has 2 rings (SSSR count). The third-order valence-corrected chi connectivity index (χ3v) is 5.29. The molecule has 1 N–H and O–H groups in total. The summed E-state index contributed by atoms with van der Waals surface area (Å²) in [6.45, 7) is 9.42. The number of hydrogen-bond donors (Lipinski definition) is 1. The van der Waals surface area contributed by atoms with Crippen molar-refractivity contribution < 1.29 is 14.3 Å². The van der Waals surface area contributed by atoms with Gasteiger partial charge in [0.1, 0.15) is 5.60 Å². The molecule has 0 aromatic heterocycles. The molecule has 1 saturated heterocycles. The third-order valence-electron chi connectivity index (χ3n) is 4.87. The molecule has 0 radical (unpaired) electrons. The lowest BCUT2D eigenvalue weighted by Crippen LogP contribution is -2.49. The number of likely N-dealkylation sites (tertiary alicyclic amines) is 1. The van der Waals surface area contributed by atoms with Gasteiger partial charge in [0.15, 0.2) is 0 Å². The summed E-state index contributed by atoms with van der Waals surface area (Å²) in [5, 5.41) is 12.5. The molecule has 0 aliphatic carbocycles. The van der Waals surface area contributed by atoms with Crippen LogP contribution in [0.1, 0.15) is 45.6 Å². The highest BCUT2D eigenvalue weighted by Gasteiger charge is 2.26. The molecule has 1 aliphatic heterocycles. The van der Waals surface area contributed by atoms with Gasteiger partial charge < -0.3 is 15.0 Å². The van der Waals surface area contributed by atoms with Gasteiger partial charge in [0, 0.05) is 36.4 Å². The maximum Gasteiger partial charge on any atom is 0.407 e. The molecule has 1 aliphatic rings. The van der Waals surface area contributed by atoms with Gasteiger partial charge in [-0.1, -0.05) is 11.6 Å². The summed E-state index contributed by atoms with van der Waals surface area (Å²) in [5.74, 6) is -0.0504. The SMILES string of the molecule is Cc1cc(N(CCC#N)C(=O)CN2CCC(NC(=O)OC(C)(C)C)CC2)ccc1Cl. The van der Waals surface area contributed by atoms with Gasteiger partial charge in [-0.15, -0.1) is 0 Å². The first-order chi connectivity index (χ1) is 14.1. The summed E-state index contributed by atoms with van der Waals surface area (Å²) in [5.41, 5.74) is 1.11. The molecule has 1 aromatic carbocycles. The second kappa shape index (κ2) is 10.6. The predicted octanol–water partition coefficient (Wildman–Crippen LogP) is 3.88. The zero-order chi connectivity index (χ0) is 22.3. The van der Waals surface area contributed by atoms with E-state index in [1.807, 2.05) is 39.8 Å². The number of amides is 2. The minimum Gasteiger partial charge on any atom is -0.444 e. The van der Waals surface area contributed by atoms with Crippen molar-refractivity contribution in [2.75, 3.05) is 31.1 Å². The second-order valence-electron chi connectivity index (χ2n) is 8.58. The predicted molar refractivity (Wildman–Crippen MR) is 118 cm³/mol. The Morgan fingerprint density at radius 1 is 1.33 bits per heavy atom. The molecule has 30 heavy (non-hydrogen) atoms. The fourth-order valence-corrected chi connectivity index (χ4v) is 3.46.